The van der Waals surface area contributed by atoms with Crippen molar-refractivity contribution in [1.82, 2.24) is 10.3 Å². The van der Waals surface area contributed by atoms with Crippen LogP contribution in [0.5, 0.6) is 0 Å². The van der Waals surface area contributed by atoms with Crippen molar-refractivity contribution in [2.24, 2.45) is 17.8 Å². The van der Waals surface area contributed by atoms with Gasteiger partial charge < -0.3 is 5.32 Å². The molecule has 2 aliphatic rings. The van der Waals surface area contributed by atoms with Crippen molar-refractivity contribution >= 4 is 29.0 Å². The van der Waals surface area contributed by atoms with Gasteiger partial charge in [0.1, 0.15) is 0 Å². The Morgan fingerprint density at radius 2 is 2.16 bits per heavy atom. The van der Waals surface area contributed by atoms with Gasteiger partial charge in [-0.15, -0.1) is 23.1 Å². The molecule has 132 valence electrons. The van der Waals surface area contributed by atoms with Crippen molar-refractivity contribution in [2.45, 2.75) is 49.3 Å². The third-order valence-electron chi connectivity index (χ3n) is 5.78. The zero-order chi connectivity index (χ0) is 17.2. The van der Waals surface area contributed by atoms with Crippen LogP contribution in [-0.4, -0.2) is 16.9 Å². The number of thioether (sulfide) groups is 1. The van der Waals surface area contributed by atoms with Crippen LogP contribution >= 0.6 is 23.1 Å². The van der Waals surface area contributed by atoms with E-state index in [1.165, 1.54) is 30.6 Å². The van der Waals surface area contributed by atoms with Gasteiger partial charge in [0.25, 0.3) is 5.91 Å². The van der Waals surface area contributed by atoms with E-state index in [1.54, 1.807) is 23.1 Å². The summed E-state index contributed by atoms with van der Waals surface area (Å²) >= 11 is 3.38. The molecule has 2 bridgehead atoms. The van der Waals surface area contributed by atoms with Gasteiger partial charge in [-0.3, -0.25) is 4.79 Å². The summed E-state index contributed by atoms with van der Waals surface area (Å²) in [6.07, 6.45) is 5.45. The molecule has 1 amide bonds. The molecule has 4 rings (SSSR count). The number of carbonyl (C=O) groups excluding carboxylic acids is 1. The maximum atomic E-state index is 12.5. The SMILES string of the molecule is C[C@H](NC(=O)c1ccc(SCc2cscn2)cc1)[C@H]1C[C@H]2CC[C@H]1C2. The lowest BCUT2D eigenvalue weighted by atomic mass is 9.84. The van der Waals surface area contributed by atoms with Crippen LogP contribution < -0.4 is 5.32 Å². The Morgan fingerprint density at radius 1 is 1.32 bits per heavy atom. The predicted molar refractivity (Wildman–Crippen MR) is 104 cm³/mol. The second kappa shape index (κ2) is 7.50. The van der Waals surface area contributed by atoms with Crippen molar-refractivity contribution in [3.63, 3.8) is 0 Å². The molecule has 2 saturated carbocycles. The zero-order valence-electron chi connectivity index (χ0n) is 14.5. The quantitative estimate of drug-likeness (QED) is 0.726. The number of aromatic nitrogens is 1. The first-order valence-electron chi connectivity index (χ1n) is 9.10. The molecule has 0 saturated heterocycles. The Hall–Kier alpha value is -1.33. The monoisotopic (exact) mass is 372 g/mol. The number of hydrogen-bond acceptors (Lipinski definition) is 4. The second-order valence-corrected chi connectivity index (χ2v) is 9.16. The van der Waals surface area contributed by atoms with Crippen LogP contribution in [0.4, 0.5) is 0 Å². The second-order valence-electron chi connectivity index (χ2n) is 7.39. The van der Waals surface area contributed by atoms with Gasteiger partial charge >= 0.3 is 0 Å². The summed E-state index contributed by atoms with van der Waals surface area (Å²) in [5, 5.41) is 5.32. The number of benzene rings is 1. The normalized spacial score (nSPS) is 25.9. The number of rotatable bonds is 6. The van der Waals surface area contributed by atoms with Gasteiger partial charge in [-0.05, 0) is 68.2 Å². The van der Waals surface area contributed by atoms with Gasteiger partial charge in [0.15, 0.2) is 0 Å². The third kappa shape index (κ3) is 3.93. The minimum absolute atomic E-state index is 0.0614. The molecule has 3 nitrogen and oxygen atoms in total. The standard InChI is InChI=1S/C20H24N2OS2/c1-13(19-9-14-2-3-16(19)8-14)22-20(23)15-4-6-18(7-5-15)25-11-17-10-24-12-21-17/h4-7,10,12-14,16,19H,2-3,8-9,11H2,1H3,(H,22,23)/t13-,14-,16-,19+/m0/s1. The Kier molecular flexibility index (Phi) is 5.13. The molecule has 1 heterocycles. The molecule has 1 aromatic heterocycles. The highest BCUT2D eigenvalue weighted by Gasteiger charge is 2.42. The van der Waals surface area contributed by atoms with Crippen LogP contribution in [-0.2, 0) is 5.75 Å². The van der Waals surface area contributed by atoms with Gasteiger partial charge in [0.2, 0.25) is 0 Å². The number of hydrogen-bond donors (Lipinski definition) is 1. The van der Waals surface area contributed by atoms with Gasteiger partial charge in [0.05, 0.1) is 11.2 Å². The molecule has 1 N–H and O–H groups in total. The molecule has 4 atom stereocenters. The molecule has 2 aliphatic carbocycles. The van der Waals surface area contributed by atoms with E-state index in [4.69, 9.17) is 0 Å². The zero-order valence-corrected chi connectivity index (χ0v) is 16.1. The molecule has 0 unspecified atom stereocenters. The number of fused-ring (bicyclic) bond motifs is 2. The third-order valence-corrected chi connectivity index (χ3v) is 7.46. The van der Waals surface area contributed by atoms with Gasteiger partial charge in [-0.1, -0.05) is 6.42 Å². The topological polar surface area (TPSA) is 42.0 Å². The number of nitrogens with zero attached hydrogens (tertiary/aromatic N) is 1. The van der Waals surface area contributed by atoms with Crippen LogP contribution in [0.1, 0.15) is 48.7 Å². The number of carbonyl (C=O) groups is 1. The van der Waals surface area contributed by atoms with E-state index in [-0.39, 0.29) is 11.9 Å². The van der Waals surface area contributed by atoms with Gasteiger partial charge in [-0.2, -0.15) is 0 Å². The van der Waals surface area contributed by atoms with E-state index in [2.05, 4.69) is 22.6 Å². The molecule has 0 aliphatic heterocycles. The number of nitrogens with one attached hydrogen (secondary N) is 1. The lowest BCUT2D eigenvalue weighted by molar-refractivity contribution is 0.0915. The van der Waals surface area contributed by atoms with Gasteiger partial charge in [-0.25, -0.2) is 4.98 Å². The summed E-state index contributed by atoms with van der Waals surface area (Å²) in [5.41, 5.74) is 3.73. The largest absolute Gasteiger partial charge is 0.349 e. The summed E-state index contributed by atoms with van der Waals surface area (Å²) in [7, 11) is 0. The van der Waals surface area contributed by atoms with E-state index in [0.29, 0.717) is 5.92 Å². The Morgan fingerprint density at radius 3 is 2.80 bits per heavy atom. The summed E-state index contributed by atoms with van der Waals surface area (Å²) in [5.74, 6) is 3.37. The molecule has 0 spiro atoms. The Labute approximate surface area is 157 Å². The maximum Gasteiger partial charge on any atom is 0.251 e. The van der Waals surface area contributed by atoms with Crippen molar-refractivity contribution in [1.29, 1.82) is 0 Å². The molecule has 2 aromatic rings. The number of amides is 1. The highest BCUT2D eigenvalue weighted by atomic mass is 32.2. The van der Waals surface area contributed by atoms with Crippen molar-refractivity contribution in [2.75, 3.05) is 0 Å². The fourth-order valence-corrected chi connectivity index (χ4v) is 5.94. The smallest absolute Gasteiger partial charge is 0.251 e. The molecule has 25 heavy (non-hydrogen) atoms. The minimum atomic E-state index is 0.0614. The fraction of sp³-hybridized carbons (Fsp3) is 0.500. The highest BCUT2D eigenvalue weighted by Crippen LogP contribution is 2.49. The van der Waals surface area contributed by atoms with Crippen LogP contribution in [0, 0.1) is 17.8 Å². The van der Waals surface area contributed by atoms with E-state index >= 15 is 0 Å². The number of thiazole rings is 1. The first-order valence-corrected chi connectivity index (χ1v) is 11.0. The first-order chi connectivity index (χ1) is 12.2. The van der Waals surface area contributed by atoms with E-state index in [1.807, 2.05) is 29.8 Å². The first kappa shape index (κ1) is 17.1. The summed E-state index contributed by atoms with van der Waals surface area (Å²) in [4.78, 5) is 18.0. The molecule has 1 aromatic carbocycles. The van der Waals surface area contributed by atoms with E-state index in [0.717, 1.165) is 28.8 Å². The summed E-state index contributed by atoms with van der Waals surface area (Å²) in [6, 6.07) is 8.22. The molecule has 0 radical (unpaired) electrons. The summed E-state index contributed by atoms with van der Waals surface area (Å²) < 4.78 is 0. The fourth-order valence-electron chi connectivity index (χ4n) is 4.47. The molecule has 5 heteroatoms. The van der Waals surface area contributed by atoms with Crippen molar-refractivity contribution < 1.29 is 4.79 Å². The van der Waals surface area contributed by atoms with Crippen LogP contribution in [0.2, 0.25) is 0 Å². The van der Waals surface area contributed by atoms with Crippen LogP contribution in [0.25, 0.3) is 0 Å². The van der Waals surface area contributed by atoms with Crippen molar-refractivity contribution in [3.8, 4) is 0 Å². The maximum absolute atomic E-state index is 12.5. The molecular formula is C20H24N2OS2. The Bertz CT molecular complexity index is 714. The van der Waals surface area contributed by atoms with E-state index < -0.39 is 0 Å². The lowest BCUT2D eigenvalue weighted by Crippen LogP contribution is -2.40. The molecular weight excluding hydrogens is 348 g/mol. The van der Waals surface area contributed by atoms with E-state index in [9.17, 15) is 4.79 Å². The minimum Gasteiger partial charge on any atom is -0.349 e. The summed E-state index contributed by atoms with van der Waals surface area (Å²) in [6.45, 7) is 2.18. The average Bonchev–Trinajstić information content (AvgIpc) is 3.38. The lowest BCUT2D eigenvalue weighted by Gasteiger charge is -2.28. The molecule has 2 fully saturated rings. The van der Waals surface area contributed by atoms with Crippen LogP contribution in [0.3, 0.4) is 0 Å². The highest BCUT2D eigenvalue weighted by molar-refractivity contribution is 7.98. The van der Waals surface area contributed by atoms with Gasteiger partial charge in [0, 0.05) is 27.6 Å². The van der Waals surface area contributed by atoms with Crippen molar-refractivity contribution in [3.05, 3.63) is 46.4 Å². The average molecular weight is 373 g/mol. The predicted octanol–water partition coefficient (Wildman–Crippen LogP) is 4.99. The van der Waals surface area contributed by atoms with Crippen LogP contribution in [0.15, 0.2) is 40.1 Å². The Balaban J connectivity index is 1.31.